The SMILES string of the molecule is CC1(F)CCN(c2ncns2)C1. The van der Waals surface area contributed by atoms with Crippen LogP contribution in [0.5, 0.6) is 0 Å². The Kier molecular flexibility index (Phi) is 1.75. The van der Waals surface area contributed by atoms with E-state index in [0.29, 0.717) is 13.0 Å². The zero-order chi connectivity index (χ0) is 8.60. The van der Waals surface area contributed by atoms with Crippen molar-refractivity contribution >= 4 is 16.7 Å². The Hall–Kier alpha value is -0.710. The van der Waals surface area contributed by atoms with E-state index in [1.165, 1.54) is 17.9 Å². The molecule has 66 valence electrons. The molecule has 1 aromatic heterocycles. The van der Waals surface area contributed by atoms with Crippen LogP contribution in [0, 0.1) is 0 Å². The van der Waals surface area contributed by atoms with Crippen LogP contribution in [0.3, 0.4) is 0 Å². The minimum atomic E-state index is -1.05. The molecule has 1 saturated heterocycles. The summed E-state index contributed by atoms with van der Waals surface area (Å²) in [6.45, 7) is 2.83. The molecule has 12 heavy (non-hydrogen) atoms. The van der Waals surface area contributed by atoms with Gasteiger partial charge in [0.05, 0.1) is 6.54 Å². The van der Waals surface area contributed by atoms with Crippen molar-refractivity contribution in [3.8, 4) is 0 Å². The average Bonchev–Trinajstić information content (AvgIpc) is 2.55. The fourth-order valence-electron chi connectivity index (χ4n) is 1.39. The summed E-state index contributed by atoms with van der Waals surface area (Å²) in [6, 6.07) is 0. The van der Waals surface area contributed by atoms with Crippen molar-refractivity contribution in [1.29, 1.82) is 0 Å². The first-order valence-electron chi connectivity index (χ1n) is 3.88. The highest BCUT2D eigenvalue weighted by atomic mass is 32.1. The number of nitrogens with zero attached hydrogens (tertiary/aromatic N) is 3. The number of hydrogen-bond donors (Lipinski definition) is 0. The zero-order valence-corrected chi connectivity index (χ0v) is 7.64. The lowest BCUT2D eigenvalue weighted by Gasteiger charge is -2.15. The number of alkyl halides is 1. The molecule has 0 aromatic carbocycles. The second-order valence-corrected chi connectivity index (χ2v) is 4.07. The van der Waals surface area contributed by atoms with Crippen molar-refractivity contribution < 1.29 is 4.39 Å². The summed E-state index contributed by atoms with van der Waals surface area (Å²) in [6.07, 6.45) is 2.10. The lowest BCUT2D eigenvalue weighted by molar-refractivity contribution is 0.221. The van der Waals surface area contributed by atoms with Gasteiger partial charge in [0.15, 0.2) is 0 Å². The maximum atomic E-state index is 13.4. The lowest BCUT2D eigenvalue weighted by Crippen LogP contribution is -2.25. The maximum absolute atomic E-state index is 13.4. The summed E-state index contributed by atoms with van der Waals surface area (Å²) in [5.74, 6) is 0. The van der Waals surface area contributed by atoms with Crippen LogP contribution in [0.15, 0.2) is 6.33 Å². The molecule has 0 aliphatic carbocycles. The summed E-state index contributed by atoms with van der Waals surface area (Å²) in [4.78, 5) is 5.97. The Morgan fingerprint density at radius 3 is 3.08 bits per heavy atom. The van der Waals surface area contributed by atoms with Crippen molar-refractivity contribution in [1.82, 2.24) is 9.36 Å². The molecule has 1 aliphatic heterocycles. The molecular weight excluding hydrogens is 177 g/mol. The highest BCUT2D eigenvalue weighted by molar-refractivity contribution is 7.09. The fourth-order valence-corrected chi connectivity index (χ4v) is 1.95. The lowest BCUT2D eigenvalue weighted by atomic mass is 10.1. The van der Waals surface area contributed by atoms with Crippen LogP contribution in [0.1, 0.15) is 13.3 Å². The van der Waals surface area contributed by atoms with Crippen LogP contribution >= 0.6 is 11.5 Å². The van der Waals surface area contributed by atoms with Gasteiger partial charge in [0.2, 0.25) is 5.13 Å². The van der Waals surface area contributed by atoms with Crippen LogP contribution in [0.4, 0.5) is 9.52 Å². The molecule has 2 heterocycles. The van der Waals surface area contributed by atoms with Gasteiger partial charge < -0.3 is 4.90 Å². The molecule has 5 heteroatoms. The first kappa shape index (κ1) is 7.91. The van der Waals surface area contributed by atoms with Crippen molar-refractivity contribution in [3.05, 3.63) is 6.33 Å². The highest BCUT2D eigenvalue weighted by Crippen LogP contribution is 2.29. The Balaban J connectivity index is 2.10. The molecule has 0 bridgehead atoms. The quantitative estimate of drug-likeness (QED) is 0.666. The van der Waals surface area contributed by atoms with E-state index in [-0.39, 0.29) is 0 Å². The van der Waals surface area contributed by atoms with E-state index in [1.807, 2.05) is 4.90 Å². The van der Waals surface area contributed by atoms with Crippen LogP contribution < -0.4 is 4.90 Å². The van der Waals surface area contributed by atoms with Gasteiger partial charge in [0, 0.05) is 24.5 Å². The molecule has 1 aromatic rings. The summed E-state index contributed by atoms with van der Waals surface area (Å²) < 4.78 is 17.2. The van der Waals surface area contributed by atoms with Crippen LogP contribution in [-0.4, -0.2) is 28.1 Å². The summed E-state index contributed by atoms with van der Waals surface area (Å²) in [7, 11) is 0. The van der Waals surface area contributed by atoms with Gasteiger partial charge in [-0.25, -0.2) is 9.37 Å². The van der Waals surface area contributed by atoms with Gasteiger partial charge in [-0.05, 0) is 6.92 Å². The van der Waals surface area contributed by atoms with E-state index in [0.717, 1.165) is 11.7 Å². The van der Waals surface area contributed by atoms with Gasteiger partial charge in [-0.15, -0.1) is 0 Å². The monoisotopic (exact) mass is 187 g/mol. The van der Waals surface area contributed by atoms with Gasteiger partial charge in [-0.2, -0.15) is 4.37 Å². The van der Waals surface area contributed by atoms with Crippen molar-refractivity contribution in [3.63, 3.8) is 0 Å². The first-order valence-corrected chi connectivity index (χ1v) is 4.65. The van der Waals surface area contributed by atoms with Crippen LogP contribution in [0.2, 0.25) is 0 Å². The van der Waals surface area contributed by atoms with Crippen molar-refractivity contribution in [2.45, 2.75) is 19.0 Å². The molecule has 3 nitrogen and oxygen atoms in total. The van der Waals surface area contributed by atoms with Crippen molar-refractivity contribution in [2.75, 3.05) is 18.0 Å². The Labute approximate surface area is 74.4 Å². The first-order chi connectivity index (χ1) is 5.67. The Bertz CT molecular complexity index is 260. The van der Waals surface area contributed by atoms with E-state index in [2.05, 4.69) is 9.36 Å². The topological polar surface area (TPSA) is 29.0 Å². The third-order valence-corrected chi connectivity index (χ3v) is 2.77. The number of anilines is 1. The number of halogens is 1. The third kappa shape index (κ3) is 1.41. The van der Waals surface area contributed by atoms with Gasteiger partial charge in [0.1, 0.15) is 12.0 Å². The molecule has 0 amide bonds. The molecule has 1 atom stereocenters. The summed E-state index contributed by atoms with van der Waals surface area (Å²) in [5.41, 5.74) is -1.05. The predicted molar refractivity (Wildman–Crippen MR) is 46.3 cm³/mol. The van der Waals surface area contributed by atoms with E-state index >= 15 is 0 Å². The molecular formula is C7H10FN3S. The largest absolute Gasteiger partial charge is 0.344 e. The van der Waals surface area contributed by atoms with Crippen LogP contribution in [0.25, 0.3) is 0 Å². The molecule has 0 saturated carbocycles. The summed E-state index contributed by atoms with van der Waals surface area (Å²) in [5, 5.41) is 0.830. The minimum absolute atomic E-state index is 0.447. The van der Waals surface area contributed by atoms with E-state index in [4.69, 9.17) is 0 Å². The van der Waals surface area contributed by atoms with Gasteiger partial charge in [-0.1, -0.05) is 0 Å². The average molecular weight is 187 g/mol. The van der Waals surface area contributed by atoms with Crippen molar-refractivity contribution in [2.24, 2.45) is 0 Å². The molecule has 2 rings (SSSR count). The van der Waals surface area contributed by atoms with E-state index < -0.39 is 5.67 Å². The maximum Gasteiger partial charge on any atom is 0.205 e. The second-order valence-electron chi connectivity index (χ2n) is 3.31. The van der Waals surface area contributed by atoms with E-state index in [1.54, 1.807) is 6.92 Å². The Morgan fingerprint density at radius 2 is 2.58 bits per heavy atom. The zero-order valence-electron chi connectivity index (χ0n) is 6.83. The van der Waals surface area contributed by atoms with E-state index in [9.17, 15) is 4.39 Å². The standard InChI is InChI=1S/C7H10FN3S/c1-7(8)2-3-11(4-7)6-9-5-10-12-6/h5H,2-4H2,1H3. The third-order valence-electron chi connectivity index (χ3n) is 2.04. The summed E-state index contributed by atoms with van der Waals surface area (Å²) >= 11 is 1.32. The van der Waals surface area contributed by atoms with Gasteiger partial charge >= 0.3 is 0 Å². The predicted octanol–water partition coefficient (Wildman–Crippen LogP) is 1.48. The smallest absolute Gasteiger partial charge is 0.205 e. The molecule has 0 radical (unpaired) electrons. The molecule has 0 spiro atoms. The minimum Gasteiger partial charge on any atom is -0.344 e. The Morgan fingerprint density at radius 1 is 1.75 bits per heavy atom. The molecule has 1 fully saturated rings. The second kappa shape index (κ2) is 2.65. The highest BCUT2D eigenvalue weighted by Gasteiger charge is 2.34. The van der Waals surface area contributed by atoms with Crippen LogP contribution in [-0.2, 0) is 0 Å². The number of rotatable bonds is 1. The molecule has 0 N–H and O–H groups in total. The molecule has 1 unspecified atom stereocenters. The molecule has 1 aliphatic rings. The number of hydrogen-bond acceptors (Lipinski definition) is 4. The normalized spacial score (nSPS) is 29.7. The number of aromatic nitrogens is 2. The van der Waals surface area contributed by atoms with Gasteiger partial charge in [-0.3, -0.25) is 0 Å². The fraction of sp³-hybridized carbons (Fsp3) is 0.714. The van der Waals surface area contributed by atoms with Gasteiger partial charge in [0.25, 0.3) is 0 Å².